The normalized spacial score (nSPS) is 22.5. The van der Waals surface area contributed by atoms with E-state index in [1.807, 2.05) is 20.2 Å². The summed E-state index contributed by atoms with van der Waals surface area (Å²) in [6, 6.07) is 0.152. The number of thiazole rings is 1. The Balaban J connectivity index is 1.92. The maximum atomic E-state index is 11.4. The summed E-state index contributed by atoms with van der Waals surface area (Å²) in [6.07, 6.45) is 2.61. The highest BCUT2D eigenvalue weighted by molar-refractivity contribution is 7.91. The molecule has 0 aromatic carbocycles. The van der Waals surface area contributed by atoms with Crippen LogP contribution in [0.1, 0.15) is 18.2 Å². The van der Waals surface area contributed by atoms with Gasteiger partial charge in [0.15, 0.2) is 15.0 Å². The topological polar surface area (TPSA) is 62.3 Å². The summed E-state index contributed by atoms with van der Waals surface area (Å²) in [6.45, 7) is 3.67. The molecule has 1 unspecified atom stereocenters. The molecule has 1 aliphatic rings. The van der Waals surface area contributed by atoms with Gasteiger partial charge < -0.3 is 5.32 Å². The van der Waals surface area contributed by atoms with Gasteiger partial charge in [0.05, 0.1) is 11.5 Å². The molecule has 0 spiro atoms. The number of nitrogens with one attached hydrogen (secondary N) is 1. The SMILES string of the molecule is CCNc1ncc(CN(C)C2CCS(=O)(=O)C2)s1. The summed E-state index contributed by atoms with van der Waals surface area (Å²) in [5.74, 6) is 0.621. The number of rotatable bonds is 5. The molecule has 1 aliphatic heterocycles. The van der Waals surface area contributed by atoms with Gasteiger partial charge in [-0.15, -0.1) is 11.3 Å². The van der Waals surface area contributed by atoms with E-state index < -0.39 is 9.84 Å². The molecule has 7 heteroatoms. The lowest BCUT2D eigenvalue weighted by Crippen LogP contribution is -2.31. The Morgan fingerprint density at radius 2 is 2.39 bits per heavy atom. The van der Waals surface area contributed by atoms with E-state index in [2.05, 4.69) is 15.2 Å². The van der Waals surface area contributed by atoms with Crippen molar-refractivity contribution in [3.05, 3.63) is 11.1 Å². The molecule has 1 fully saturated rings. The van der Waals surface area contributed by atoms with Crippen LogP contribution in [0.3, 0.4) is 0 Å². The van der Waals surface area contributed by atoms with Gasteiger partial charge in [0, 0.05) is 30.2 Å². The van der Waals surface area contributed by atoms with Crippen molar-refractivity contribution >= 4 is 26.3 Å². The van der Waals surface area contributed by atoms with Crippen molar-refractivity contribution in [3.8, 4) is 0 Å². The fourth-order valence-corrected chi connectivity index (χ4v) is 4.86. The first kappa shape index (κ1) is 13.8. The second kappa shape index (κ2) is 5.54. The Morgan fingerprint density at radius 1 is 1.61 bits per heavy atom. The van der Waals surface area contributed by atoms with Crippen molar-refractivity contribution in [2.75, 3.05) is 30.4 Å². The van der Waals surface area contributed by atoms with Gasteiger partial charge in [-0.2, -0.15) is 0 Å². The van der Waals surface area contributed by atoms with E-state index in [0.717, 1.165) is 29.5 Å². The van der Waals surface area contributed by atoms with Gasteiger partial charge in [0.1, 0.15) is 0 Å². The molecule has 2 heterocycles. The zero-order valence-electron chi connectivity index (χ0n) is 10.7. The van der Waals surface area contributed by atoms with E-state index in [9.17, 15) is 8.42 Å². The molecule has 1 aromatic heterocycles. The highest BCUT2D eigenvalue weighted by atomic mass is 32.2. The maximum absolute atomic E-state index is 11.4. The number of nitrogens with zero attached hydrogens (tertiary/aromatic N) is 2. The van der Waals surface area contributed by atoms with Crippen LogP contribution in [0.25, 0.3) is 0 Å². The van der Waals surface area contributed by atoms with Gasteiger partial charge in [0.25, 0.3) is 0 Å². The lowest BCUT2D eigenvalue weighted by Gasteiger charge is -2.21. The standard InChI is InChI=1S/C11H19N3O2S2/c1-3-12-11-13-6-10(17-11)7-14(2)9-4-5-18(15,16)8-9/h6,9H,3-5,7-8H2,1-2H3,(H,12,13). The quantitative estimate of drug-likeness (QED) is 0.882. The Morgan fingerprint density at radius 3 is 3.00 bits per heavy atom. The lowest BCUT2D eigenvalue weighted by atomic mass is 10.2. The first-order valence-corrected chi connectivity index (χ1v) is 8.73. The zero-order valence-corrected chi connectivity index (χ0v) is 12.4. The molecular formula is C11H19N3O2S2. The van der Waals surface area contributed by atoms with E-state index in [-0.39, 0.29) is 6.04 Å². The number of hydrogen-bond donors (Lipinski definition) is 1. The molecule has 1 N–H and O–H groups in total. The average molecular weight is 289 g/mol. The summed E-state index contributed by atoms with van der Waals surface area (Å²) in [5, 5.41) is 4.11. The third kappa shape index (κ3) is 3.43. The molecule has 0 bridgehead atoms. The Kier molecular flexibility index (Phi) is 4.24. The fraction of sp³-hybridized carbons (Fsp3) is 0.727. The van der Waals surface area contributed by atoms with Crippen LogP contribution >= 0.6 is 11.3 Å². The average Bonchev–Trinajstić information content (AvgIpc) is 2.86. The lowest BCUT2D eigenvalue weighted by molar-refractivity contribution is 0.256. The van der Waals surface area contributed by atoms with Crippen LogP contribution in [0.15, 0.2) is 6.20 Å². The van der Waals surface area contributed by atoms with Crippen LogP contribution in [-0.4, -0.2) is 49.4 Å². The van der Waals surface area contributed by atoms with Crippen LogP contribution in [0.5, 0.6) is 0 Å². The number of anilines is 1. The third-order valence-corrected chi connectivity index (χ3v) is 5.81. The van der Waals surface area contributed by atoms with Crippen LogP contribution < -0.4 is 5.32 Å². The van der Waals surface area contributed by atoms with Crippen molar-refractivity contribution in [2.24, 2.45) is 0 Å². The predicted octanol–water partition coefficient (Wildman–Crippen LogP) is 1.19. The van der Waals surface area contributed by atoms with Gasteiger partial charge in [-0.3, -0.25) is 4.90 Å². The van der Waals surface area contributed by atoms with E-state index >= 15 is 0 Å². The van der Waals surface area contributed by atoms with Crippen LogP contribution in [0, 0.1) is 0 Å². The summed E-state index contributed by atoms with van der Waals surface area (Å²) >= 11 is 1.63. The number of aromatic nitrogens is 1. The van der Waals surface area contributed by atoms with Gasteiger partial charge >= 0.3 is 0 Å². The fourth-order valence-electron chi connectivity index (χ4n) is 2.11. The van der Waals surface area contributed by atoms with E-state index in [1.54, 1.807) is 11.3 Å². The second-order valence-electron chi connectivity index (χ2n) is 4.63. The molecule has 1 aromatic rings. The molecule has 0 amide bonds. The minimum absolute atomic E-state index is 0.152. The summed E-state index contributed by atoms with van der Waals surface area (Å²) in [7, 11) is -0.818. The van der Waals surface area contributed by atoms with Crippen LogP contribution in [0.2, 0.25) is 0 Å². The molecule has 0 aliphatic carbocycles. The molecule has 1 saturated heterocycles. The highest BCUT2D eigenvalue weighted by Gasteiger charge is 2.30. The highest BCUT2D eigenvalue weighted by Crippen LogP contribution is 2.22. The van der Waals surface area contributed by atoms with E-state index in [0.29, 0.717) is 11.5 Å². The van der Waals surface area contributed by atoms with Crippen molar-refractivity contribution in [1.29, 1.82) is 0 Å². The van der Waals surface area contributed by atoms with E-state index in [4.69, 9.17) is 0 Å². The Bertz CT molecular complexity index is 498. The van der Waals surface area contributed by atoms with Gasteiger partial charge in [-0.1, -0.05) is 0 Å². The smallest absolute Gasteiger partial charge is 0.182 e. The van der Waals surface area contributed by atoms with Crippen molar-refractivity contribution in [3.63, 3.8) is 0 Å². The first-order valence-electron chi connectivity index (χ1n) is 6.09. The van der Waals surface area contributed by atoms with Gasteiger partial charge in [-0.05, 0) is 20.4 Å². The predicted molar refractivity (Wildman–Crippen MR) is 74.8 cm³/mol. The number of sulfone groups is 1. The first-order chi connectivity index (χ1) is 8.50. The monoisotopic (exact) mass is 289 g/mol. The van der Waals surface area contributed by atoms with E-state index in [1.165, 1.54) is 0 Å². The molecular weight excluding hydrogens is 270 g/mol. The zero-order chi connectivity index (χ0) is 13.2. The number of hydrogen-bond acceptors (Lipinski definition) is 6. The molecule has 102 valence electrons. The third-order valence-electron chi connectivity index (χ3n) is 3.12. The van der Waals surface area contributed by atoms with Crippen molar-refractivity contribution in [2.45, 2.75) is 25.9 Å². The summed E-state index contributed by atoms with van der Waals surface area (Å²) < 4.78 is 22.9. The van der Waals surface area contributed by atoms with Crippen molar-refractivity contribution < 1.29 is 8.42 Å². The molecule has 0 saturated carbocycles. The molecule has 1 atom stereocenters. The summed E-state index contributed by atoms with van der Waals surface area (Å²) in [5.41, 5.74) is 0. The van der Waals surface area contributed by atoms with Gasteiger partial charge in [-0.25, -0.2) is 13.4 Å². The minimum atomic E-state index is -2.80. The molecule has 2 rings (SSSR count). The molecule has 18 heavy (non-hydrogen) atoms. The second-order valence-corrected chi connectivity index (χ2v) is 7.98. The largest absolute Gasteiger partial charge is 0.362 e. The van der Waals surface area contributed by atoms with Crippen LogP contribution in [0.4, 0.5) is 5.13 Å². The van der Waals surface area contributed by atoms with Crippen LogP contribution in [-0.2, 0) is 16.4 Å². The molecule has 0 radical (unpaired) electrons. The van der Waals surface area contributed by atoms with Gasteiger partial charge in [0.2, 0.25) is 0 Å². The maximum Gasteiger partial charge on any atom is 0.182 e. The Labute approximate surface area is 112 Å². The Hall–Kier alpha value is -0.660. The minimum Gasteiger partial charge on any atom is -0.362 e. The summed E-state index contributed by atoms with van der Waals surface area (Å²) in [4.78, 5) is 7.56. The van der Waals surface area contributed by atoms with Crippen molar-refractivity contribution in [1.82, 2.24) is 9.88 Å². The molecule has 5 nitrogen and oxygen atoms in total.